The van der Waals surface area contributed by atoms with Crippen molar-refractivity contribution in [2.75, 3.05) is 26.7 Å². The lowest BCUT2D eigenvalue weighted by Crippen LogP contribution is -2.48. The Morgan fingerprint density at radius 3 is 2.70 bits per heavy atom. The Kier molecular flexibility index (Phi) is 8.93. The fourth-order valence-electron chi connectivity index (χ4n) is 5.26. The summed E-state index contributed by atoms with van der Waals surface area (Å²) >= 11 is 6.23. The van der Waals surface area contributed by atoms with E-state index in [4.69, 9.17) is 16.3 Å². The fraction of sp³-hybridized carbons (Fsp3) is 0.467. The number of carbonyl (C=O) groups excluding carboxylic acids is 1. The predicted octanol–water partition coefficient (Wildman–Crippen LogP) is 6.14. The number of hydrogen-bond acceptors (Lipinski definition) is 4. The van der Waals surface area contributed by atoms with Gasteiger partial charge in [-0.25, -0.2) is 0 Å². The van der Waals surface area contributed by atoms with Gasteiger partial charge in [-0.2, -0.15) is 5.10 Å². The van der Waals surface area contributed by atoms with E-state index in [0.29, 0.717) is 25.6 Å². The highest BCUT2D eigenvalue weighted by atomic mass is 35.5. The van der Waals surface area contributed by atoms with Crippen LogP contribution in [-0.4, -0.2) is 52.2 Å². The minimum absolute atomic E-state index is 0.147. The van der Waals surface area contributed by atoms with Crippen molar-refractivity contribution in [2.45, 2.75) is 59.2 Å². The number of halogens is 1. The zero-order valence-electron chi connectivity index (χ0n) is 22.5. The highest BCUT2D eigenvalue weighted by Crippen LogP contribution is 2.36. The molecular weight excluding hydrogens is 484 g/mol. The molecule has 6 nitrogen and oxygen atoms in total. The molecule has 0 unspecified atom stereocenters. The van der Waals surface area contributed by atoms with E-state index in [1.165, 1.54) is 5.69 Å². The third kappa shape index (κ3) is 7.14. The summed E-state index contributed by atoms with van der Waals surface area (Å²) in [6.45, 7) is 9.98. The number of nitrogens with zero attached hydrogens (tertiary/aromatic N) is 4. The van der Waals surface area contributed by atoms with Gasteiger partial charge in [-0.3, -0.25) is 14.4 Å². The number of ether oxygens (including phenoxy) is 1. The highest BCUT2D eigenvalue weighted by Gasteiger charge is 2.39. The summed E-state index contributed by atoms with van der Waals surface area (Å²) in [7, 11) is 1.90. The lowest BCUT2D eigenvalue weighted by atomic mass is 9.77. The van der Waals surface area contributed by atoms with Crippen LogP contribution in [0.2, 0.25) is 5.02 Å². The average Bonchev–Trinajstić information content (AvgIpc) is 3.34. The van der Waals surface area contributed by atoms with Crippen LogP contribution in [0.15, 0.2) is 60.8 Å². The first-order valence-electron chi connectivity index (χ1n) is 13.2. The molecule has 0 saturated carbocycles. The molecule has 1 aliphatic rings. The molecule has 3 aromatic rings. The van der Waals surface area contributed by atoms with Crippen LogP contribution in [0.1, 0.15) is 56.0 Å². The molecule has 7 heteroatoms. The molecule has 1 aromatic heterocycles. The standard InChI is InChI=1S/C30H39ClN4O2/c1-23(2)35-26(13-15-32-35)20-34-16-8-14-30(21-34,22-37-27-11-12-28(31)24(3)17-27)18-29(36)33(4)19-25-9-6-5-7-10-25/h5-7,9-13,15,17,23H,8,14,16,18-22H2,1-4H3/t30-/m0/s1. The minimum Gasteiger partial charge on any atom is -0.493 e. The number of aryl methyl sites for hydroxylation is 1. The number of piperidine rings is 1. The first-order valence-corrected chi connectivity index (χ1v) is 13.5. The van der Waals surface area contributed by atoms with Crippen molar-refractivity contribution < 1.29 is 9.53 Å². The first kappa shape index (κ1) is 27.2. The number of carbonyl (C=O) groups is 1. The largest absolute Gasteiger partial charge is 0.493 e. The average molecular weight is 523 g/mol. The fourth-order valence-corrected chi connectivity index (χ4v) is 5.38. The van der Waals surface area contributed by atoms with Crippen molar-refractivity contribution in [1.82, 2.24) is 19.6 Å². The van der Waals surface area contributed by atoms with Crippen molar-refractivity contribution in [3.05, 3.63) is 82.6 Å². The van der Waals surface area contributed by atoms with E-state index in [1.54, 1.807) is 0 Å². The topological polar surface area (TPSA) is 50.6 Å². The Bertz CT molecular complexity index is 1180. The van der Waals surface area contributed by atoms with Gasteiger partial charge in [-0.05, 0) is 75.5 Å². The molecule has 4 rings (SSSR count). The van der Waals surface area contributed by atoms with E-state index in [9.17, 15) is 4.79 Å². The second-order valence-corrected chi connectivity index (χ2v) is 11.2. The van der Waals surface area contributed by atoms with Gasteiger partial charge in [-0.1, -0.05) is 41.9 Å². The predicted molar refractivity (Wildman–Crippen MR) is 149 cm³/mol. The minimum atomic E-state index is -0.281. The molecule has 2 heterocycles. The molecule has 1 amide bonds. The Morgan fingerprint density at radius 1 is 1.19 bits per heavy atom. The van der Waals surface area contributed by atoms with E-state index < -0.39 is 0 Å². The number of amides is 1. The number of aromatic nitrogens is 2. The third-order valence-corrected chi connectivity index (χ3v) is 7.68. The SMILES string of the molecule is Cc1cc(OC[C@]2(CC(=O)N(C)Cc3ccccc3)CCCN(Cc3ccnn3C(C)C)C2)ccc1Cl. The zero-order valence-corrected chi connectivity index (χ0v) is 23.2. The smallest absolute Gasteiger partial charge is 0.223 e. The van der Waals surface area contributed by atoms with Crippen molar-refractivity contribution in [3.8, 4) is 5.75 Å². The van der Waals surface area contributed by atoms with E-state index >= 15 is 0 Å². The molecule has 1 atom stereocenters. The third-order valence-electron chi connectivity index (χ3n) is 7.26. The van der Waals surface area contributed by atoms with Crippen LogP contribution < -0.4 is 4.74 Å². The number of likely N-dealkylation sites (tertiary alicyclic amines) is 1. The second kappa shape index (κ2) is 12.1. The summed E-state index contributed by atoms with van der Waals surface area (Å²) in [6.07, 6.45) is 4.29. The van der Waals surface area contributed by atoms with Gasteiger partial charge in [0, 0.05) is 55.8 Å². The van der Waals surface area contributed by atoms with Crippen LogP contribution >= 0.6 is 11.6 Å². The Labute approximate surface area is 226 Å². The number of benzene rings is 2. The Balaban J connectivity index is 1.51. The van der Waals surface area contributed by atoms with Gasteiger partial charge < -0.3 is 9.64 Å². The molecule has 0 radical (unpaired) electrons. The maximum atomic E-state index is 13.5. The van der Waals surface area contributed by atoms with E-state index in [0.717, 1.165) is 54.4 Å². The lowest BCUT2D eigenvalue weighted by molar-refractivity contribution is -0.135. The Hall–Kier alpha value is -2.83. The summed E-state index contributed by atoms with van der Waals surface area (Å²) in [5, 5.41) is 5.24. The molecule has 0 aliphatic carbocycles. The maximum Gasteiger partial charge on any atom is 0.223 e. The van der Waals surface area contributed by atoms with Gasteiger partial charge in [0.2, 0.25) is 5.91 Å². The molecule has 198 valence electrons. The van der Waals surface area contributed by atoms with Crippen LogP contribution in [0, 0.1) is 12.3 Å². The zero-order chi connectivity index (χ0) is 26.4. The van der Waals surface area contributed by atoms with Crippen molar-refractivity contribution in [3.63, 3.8) is 0 Å². The van der Waals surface area contributed by atoms with Crippen molar-refractivity contribution in [2.24, 2.45) is 5.41 Å². The van der Waals surface area contributed by atoms with Crippen LogP contribution in [0.4, 0.5) is 0 Å². The van der Waals surface area contributed by atoms with Gasteiger partial charge in [0.25, 0.3) is 0 Å². The van der Waals surface area contributed by atoms with Crippen LogP contribution in [0.25, 0.3) is 0 Å². The van der Waals surface area contributed by atoms with Crippen LogP contribution in [0.5, 0.6) is 5.75 Å². The van der Waals surface area contributed by atoms with Gasteiger partial charge in [0.05, 0.1) is 12.3 Å². The number of hydrogen-bond donors (Lipinski definition) is 0. The normalized spacial score (nSPS) is 18.2. The molecule has 1 aliphatic heterocycles. The van der Waals surface area contributed by atoms with Gasteiger partial charge in [-0.15, -0.1) is 0 Å². The molecule has 1 fully saturated rings. The van der Waals surface area contributed by atoms with E-state index in [2.05, 4.69) is 46.7 Å². The molecular formula is C30H39ClN4O2. The molecule has 0 spiro atoms. The molecule has 2 aromatic carbocycles. The maximum absolute atomic E-state index is 13.5. The summed E-state index contributed by atoms with van der Waals surface area (Å²) in [5.74, 6) is 0.940. The van der Waals surface area contributed by atoms with Gasteiger partial charge >= 0.3 is 0 Å². The van der Waals surface area contributed by atoms with E-state index in [-0.39, 0.29) is 11.3 Å². The Morgan fingerprint density at radius 2 is 1.97 bits per heavy atom. The summed E-state index contributed by atoms with van der Waals surface area (Å²) in [5.41, 5.74) is 3.04. The lowest BCUT2D eigenvalue weighted by Gasteiger charge is -2.43. The quantitative estimate of drug-likeness (QED) is 0.321. The van der Waals surface area contributed by atoms with Crippen LogP contribution in [0.3, 0.4) is 0 Å². The second-order valence-electron chi connectivity index (χ2n) is 10.8. The molecule has 1 saturated heterocycles. The van der Waals surface area contributed by atoms with Gasteiger partial charge in [0.1, 0.15) is 5.75 Å². The molecule has 0 N–H and O–H groups in total. The summed E-state index contributed by atoms with van der Waals surface area (Å²) < 4.78 is 8.44. The van der Waals surface area contributed by atoms with Crippen molar-refractivity contribution in [1.29, 1.82) is 0 Å². The highest BCUT2D eigenvalue weighted by molar-refractivity contribution is 6.31. The summed E-state index contributed by atoms with van der Waals surface area (Å²) in [6, 6.07) is 18.3. The van der Waals surface area contributed by atoms with E-state index in [1.807, 2.05) is 61.5 Å². The monoisotopic (exact) mass is 522 g/mol. The van der Waals surface area contributed by atoms with Crippen molar-refractivity contribution >= 4 is 17.5 Å². The van der Waals surface area contributed by atoms with Crippen LogP contribution in [-0.2, 0) is 17.9 Å². The summed E-state index contributed by atoms with van der Waals surface area (Å²) in [4.78, 5) is 17.8. The first-order chi connectivity index (χ1) is 17.7. The molecule has 0 bridgehead atoms. The van der Waals surface area contributed by atoms with Gasteiger partial charge in [0.15, 0.2) is 0 Å². The number of rotatable bonds is 10. The molecule has 37 heavy (non-hydrogen) atoms.